The summed E-state index contributed by atoms with van der Waals surface area (Å²) >= 11 is 1.59. The minimum atomic E-state index is -0.493. The Kier molecular flexibility index (Phi) is 9.17. The first-order chi connectivity index (χ1) is 14.6. The summed E-state index contributed by atoms with van der Waals surface area (Å²) in [7, 11) is 0. The van der Waals surface area contributed by atoms with Gasteiger partial charge in [0.15, 0.2) is 0 Å². The van der Waals surface area contributed by atoms with Crippen molar-refractivity contribution in [3.05, 3.63) is 70.8 Å². The number of nitrogens with zero attached hydrogens (tertiary/aromatic N) is 1. The van der Waals surface area contributed by atoms with E-state index in [2.05, 4.69) is 36.5 Å². The number of hydrogen-bond acceptors (Lipinski definition) is 3. The molecule has 168 valence electrons. The van der Waals surface area contributed by atoms with Gasteiger partial charge in [0, 0.05) is 17.8 Å². The average Bonchev–Trinajstić information content (AvgIpc) is 2.69. The molecule has 5 heteroatoms. The van der Waals surface area contributed by atoms with Gasteiger partial charge in [0.2, 0.25) is 11.8 Å². The lowest BCUT2D eigenvalue weighted by atomic mass is 10.1. The lowest BCUT2D eigenvalue weighted by Gasteiger charge is -2.33. The van der Waals surface area contributed by atoms with Gasteiger partial charge in [-0.1, -0.05) is 66.6 Å². The second kappa shape index (κ2) is 11.4. The third kappa shape index (κ3) is 8.41. The van der Waals surface area contributed by atoms with Gasteiger partial charge in [0.25, 0.3) is 0 Å². The van der Waals surface area contributed by atoms with Gasteiger partial charge in [-0.15, -0.1) is 11.8 Å². The van der Waals surface area contributed by atoms with E-state index in [-0.39, 0.29) is 17.4 Å². The summed E-state index contributed by atoms with van der Waals surface area (Å²) < 4.78 is 0. The molecule has 0 fully saturated rings. The van der Waals surface area contributed by atoms with Gasteiger partial charge in [-0.3, -0.25) is 9.59 Å². The summed E-state index contributed by atoms with van der Waals surface area (Å²) in [5.41, 5.74) is 4.29. The fourth-order valence-electron chi connectivity index (χ4n) is 3.29. The highest BCUT2D eigenvalue weighted by molar-refractivity contribution is 7.99. The van der Waals surface area contributed by atoms with Crippen molar-refractivity contribution >= 4 is 23.6 Å². The number of aryl methyl sites for hydroxylation is 2. The summed E-state index contributed by atoms with van der Waals surface area (Å²) in [6, 6.07) is 16.0. The van der Waals surface area contributed by atoms with Gasteiger partial charge < -0.3 is 10.2 Å². The first kappa shape index (κ1) is 25.0. The molecule has 0 bridgehead atoms. The first-order valence-electron chi connectivity index (χ1n) is 10.9. The quantitative estimate of drug-likeness (QED) is 0.579. The number of carbonyl (C=O) groups is 2. The molecule has 1 unspecified atom stereocenters. The molecule has 0 saturated heterocycles. The van der Waals surface area contributed by atoms with Crippen LogP contribution in [0.1, 0.15) is 56.4 Å². The molecule has 0 spiro atoms. The molecule has 0 aliphatic carbocycles. The van der Waals surface area contributed by atoms with E-state index in [0.717, 1.165) is 11.3 Å². The minimum Gasteiger partial charge on any atom is -0.350 e. The van der Waals surface area contributed by atoms with Gasteiger partial charge in [-0.2, -0.15) is 0 Å². The number of rotatable bonds is 9. The maximum atomic E-state index is 13.3. The van der Waals surface area contributed by atoms with Crippen LogP contribution < -0.4 is 5.32 Å². The minimum absolute atomic E-state index is 0.00593. The topological polar surface area (TPSA) is 49.4 Å². The Morgan fingerprint density at radius 3 is 1.94 bits per heavy atom. The number of thioether (sulfide) groups is 1. The lowest BCUT2D eigenvalue weighted by molar-refractivity contribution is -0.140. The van der Waals surface area contributed by atoms with E-state index in [9.17, 15) is 9.59 Å². The molecular weight excluding hydrogens is 404 g/mol. The zero-order valence-corrected chi connectivity index (χ0v) is 20.5. The highest BCUT2D eigenvalue weighted by Crippen LogP contribution is 2.18. The van der Waals surface area contributed by atoms with Crippen molar-refractivity contribution in [2.45, 2.75) is 71.8 Å². The fraction of sp³-hybridized carbons (Fsp3) is 0.462. The Bertz CT molecular complexity index is 854. The Balaban J connectivity index is 2.14. The maximum Gasteiger partial charge on any atom is 0.243 e. The molecule has 2 amide bonds. The molecule has 2 rings (SSSR count). The lowest BCUT2D eigenvalue weighted by Crippen LogP contribution is -2.53. The predicted molar refractivity (Wildman–Crippen MR) is 131 cm³/mol. The van der Waals surface area contributed by atoms with E-state index < -0.39 is 6.04 Å². The number of nitrogens with one attached hydrogen (secondary N) is 1. The molecule has 0 saturated carbocycles. The van der Waals surface area contributed by atoms with Gasteiger partial charge in [-0.05, 0) is 52.2 Å². The summed E-state index contributed by atoms with van der Waals surface area (Å²) in [5.74, 6) is 1.02. The van der Waals surface area contributed by atoms with Crippen LogP contribution in [0.5, 0.6) is 0 Å². The molecule has 1 N–H and O–H groups in total. The zero-order chi connectivity index (χ0) is 23.0. The van der Waals surface area contributed by atoms with Gasteiger partial charge in [0.05, 0.1) is 5.75 Å². The van der Waals surface area contributed by atoms with E-state index in [4.69, 9.17) is 0 Å². The largest absolute Gasteiger partial charge is 0.350 e. The zero-order valence-electron chi connectivity index (χ0n) is 19.7. The normalized spacial score (nSPS) is 12.3. The third-order valence-corrected chi connectivity index (χ3v) is 5.96. The van der Waals surface area contributed by atoms with E-state index >= 15 is 0 Å². The van der Waals surface area contributed by atoms with Crippen molar-refractivity contribution < 1.29 is 9.59 Å². The highest BCUT2D eigenvalue weighted by atomic mass is 32.2. The van der Waals surface area contributed by atoms with E-state index in [0.29, 0.717) is 18.7 Å². The van der Waals surface area contributed by atoms with E-state index in [1.54, 1.807) is 16.7 Å². The number of benzene rings is 2. The molecule has 4 nitrogen and oxygen atoms in total. The van der Waals surface area contributed by atoms with E-state index in [1.807, 2.05) is 58.9 Å². The molecular formula is C26H36N2O2S. The summed E-state index contributed by atoms with van der Waals surface area (Å²) in [4.78, 5) is 28.0. The van der Waals surface area contributed by atoms with Crippen LogP contribution in [0, 0.1) is 13.8 Å². The molecule has 2 aromatic rings. The maximum absolute atomic E-state index is 13.3. The van der Waals surface area contributed by atoms with Crippen molar-refractivity contribution in [2.24, 2.45) is 0 Å². The van der Waals surface area contributed by atoms with Crippen molar-refractivity contribution in [1.82, 2.24) is 10.2 Å². The van der Waals surface area contributed by atoms with E-state index in [1.165, 1.54) is 16.7 Å². The second-order valence-electron chi connectivity index (χ2n) is 9.15. The van der Waals surface area contributed by atoms with Gasteiger partial charge in [-0.25, -0.2) is 0 Å². The molecule has 31 heavy (non-hydrogen) atoms. The summed E-state index contributed by atoms with van der Waals surface area (Å²) in [6.45, 7) is 12.4. The molecule has 0 heterocycles. The van der Waals surface area contributed by atoms with Crippen LogP contribution in [0.4, 0.5) is 0 Å². The molecule has 2 aromatic carbocycles. The molecule has 0 aliphatic heterocycles. The summed E-state index contributed by atoms with van der Waals surface area (Å²) in [5, 5.41) is 3.05. The van der Waals surface area contributed by atoms with Crippen molar-refractivity contribution in [1.29, 1.82) is 0 Å². The molecule has 0 aromatic heterocycles. The van der Waals surface area contributed by atoms with Crippen molar-refractivity contribution in [3.8, 4) is 0 Å². The Morgan fingerprint density at radius 2 is 1.45 bits per heavy atom. The average molecular weight is 441 g/mol. The Morgan fingerprint density at radius 1 is 0.935 bits per heavy atom. The SMILES string of the molecule is CCC(C(=O)NC(C)(C)C)N(Cc1ccc(C)cc1)C(=O)CSCc1ccc(C)cc1. The molecule has 0 radical (unpaired) electrons. The predicted octanol–water partition coefficient (Wildman–Crippen LogP) is 5.26. The molecule has 1 atom stereocenters. The van der Waals surface area contributed by atoms with Gasteiger partial charge in [0.1, 0.15) is 6.04 Å². The monoisotopic (exact) mass is 440 g/mol. The van der Waals surface area contributed by atoms with Gasteiger partial charge >= 0.3 is 0 Å². The van der Waals surface area contributed by atoms with Crippen molar-refractivity contribution in [3.63, 3.8) is 0 Å². The van der Waals surface area contributed by atoms with Crippen LogP contribution in [0.2, 0.25) is 0 Å². The summed E-state index contributed by atoms with van der Waals surface area (Å²) in [6.07, 6.45) is 0.572. The van der Waals surface area contributed by atoms with Crippen LogP contribution in [-0.2, 0) is 21.9 Å². The van der Waals surface area contributed by atoms with Crippen LogP contribution in [0.3, 0.4) is 0 Å². The Labute approximate surface area is 191 Å². The first-order valence-corrected chi connectivity index (χ1v) is 12.0. The number of amides is 2. The number of carbonyl (C=O) groups excluding carboxylic acids is 2. The smallest absolute Gasteiger partial charge is 0.243 e. The fourth-order valence-corrected chi connectivity index (χ4v) is 4.16. The van der Waals surface area contributed by atoms with Crippen LogP contribution in [0.25, 0.3) is 0 Å². The van der Waals surface area contributed by atoms with Crippen molar-refractivity contribution in [2.75, 3.05) is 5.75 Å². The second-order valence-corrected chi connectivity index (χ2v) is 10.1. The molecule has 0 aliphatic rings. The van der Waals surface area contributed by atoms with Crippen LogP contribution in [0.15, 0.2) is 48.5 Å². The van der Waals surface area contributed by atoms with Crippen LogP contribution in [-0.4, -0.2) is 34.0 Å². The standard InChI is InChI=1S/C26H36N2O2S/c1-7-23(25(30)27-26(4,5)6)28(16-21-12-8-19(2)9-13-21)24(29)18-31-17-22-14-10-20(3)11-15-22/h8-15,23H,7,16-18H2,1-6H3,(H,27,30). The highest BCUT2D eigenvalue weighted by Gasteiger charge is 2.30. The third-order valence-electron chi connectivity index (χ3n) is 4.97. The number of hydrogen-bond donors (Lipinski definition) is 1. The Hall–Kier alpha value is -2.27. The van der Waals surface area contributed by atoms with Crippen LogP contribution >= 0.6 is 11.8 Å².